The molecule has 23 heavy (non-hydrogen) atoms. The molecule has 0 unspecified atom stereocenters. The molecule has 0 aliphatic heterocycles. The predicted octanol–water partition coefficient (Wildman–Crippen LogP) is 5.70. The fraction of sp³-hybridized carbons (Fsp3) is 0.167. The topological polar surface area (TPSA) is 50.4 Å². The van der Waals surface area contributed by atoms with E-state index in [1.54, 1.807) is 12.1 Å². The van der Waals surface area contributed by atoms with Crippen LogP contribution in [-0.4, -0.2) is 10.9 Å². The highest BCUT2D eigenvalue weighted by Gasteiger charge is 2.24. The standard InChI is InChI=1S/C18H14I2O3/c1-9(2)18-15(11-5-3-4-6-14(11)23-18)16(21)10-7-12(19)17(22)13(20)8-10/h3-9,22H,1-2H3. The monoisotopic (exact) mass is 532 g/mol. The number of carbonyl (C=O) groups excluding carboxylic acids is 1. The molecule has 0 radical (unpaired) electrons. The fourth-order valence-corrected chi connectivity index (χ4v) is 4.31. The van der Waals surface area contributed by atoms with Crippen LogP contribution in [-0.2, 0) is 0 Å². The number of furan rings is 1. The molecule has 0 saturated heterocycles. The second kappa shape index (κ2) is 6.43. The molecule has 0 spiro atoms. The van der Waals surface area contributed by atoms with E-state index in [0.29, 0.717) is 24.0 Å². The summed E-state index contributed by atoms with van der Waals surface area (Å²) in [6.07, 6.45) is 0. The van der Waals surface area contributed by atoms with Crippen molar-refractivity contribution in [1.82, 2.24) is 0 Å². The Bertz CT molecular complexity index is 887. The third kappa shape index (κ3) is 3.00. The molecule has 0 saturated carbocycles. The van der Waals surface area contributed by atoms with Gasteiger partial charge in [0.1, 0.15) is 17.1 Å². The zero-order valence-electron chi connectivity index (χ0n) is 12.6. The minimum atomic E-state index is -0.0746. The maximum absolute atomic E-state index is 13.1. The molecule has 2 aromatic carbocycles. The van der Waals surface area contributed by atoms with Crippen LogP contribution >= 0.6 is 45.2 Å². The number of halogens is 2. The van der Waals surface area contributed by atoms with Gasteiger partial charge in [0.05, 0.1) is 12.7 Å². The highest BCUT2D eigenvalue weighted by atomic mass is 127. The summed E-state index contributed by atoms with van der Waals surface area (Å²) in [5.74, 6) is 0.948. The van der Waals surface area contributed by atoms with E-state index in [-0.39, 0.29) is 17.5 Å². The zero-order chi connectivity index (χ0) is 16.7. The smallest absolute Gasteiger partial charge is 0.197 e. The summed E-state index contributed by atoms with van der Waals surface area (Å²) in [5.41, 5.74) is 1.90. The van der Waals surface area contributed by atoms with Crippen molar-refractivity contribution in [3.05, 3.63) is 60.4 Å². The van der Waals surface area contributed by atoms with Gasteiger partial charge in [-0.05, 0) is 63.4 Å². The summed E-state index contributed by atoms with van der Waals surface area (Å²) >= 11 is 4.07. The highest BCUT2D eigenvalue weighted by Crippen LogP contribution is 2.34. The van der Waals surface area contributed by atoms with Crippen molar-refractivity contribution < 1.29 is 14.3 Å². The summed E-state index contributed by atoms with van der Waals surface area (Å²) in [6.45, 7) is 4.03. The second-order valence-electron chi connectivity index (χ2n) is 5.61. The number of para-hydroxylation sites is 1. The van der Waals surface area contributed by atoms with Gasteiger partial charge in [-0.3, -0.25) is 4.79 Å². The van der Waals surface area contributed by atoms with E-state index < -0.39 is 0 Å². The van der Waals surface area contributed by atoms with Crippen molar-refractivity contribution in [1.29, 1.82) is 0 Å². The van der Waals surface area contributed by atoms with E-state index in [1.165, 1.54) is 0 Å². The lowest BCUT2D eigenvalue weighted by molar-refractivity contribution is 0.103. The second-order valence-corrected chi connectivity index (χ2v) is 7.93. The van der Waals surface area contributed by atoms with Crippen molar-refractivity contribution in [3.63, 3.8) is 0 Å². The molecule has 3 nitrogen and oxygen atoms in total. The Kier molecular flexibility index (Phi) is 4.68. The first-order valence-corrected chi connectivity index (χ1v) is 9.30. The molecule has 0 aliphatic rings. The van der Waals surface area contributed by atoms with Crippen molar-refractivity contribution in [3.8, 4) is 5.75 Å². The molecule has 0 fully saturated rings. The van der Waals surface area contributed by atoms with Gasteiger partial charge in [0, 0.05) is 16.9 Å². The third-order valence-electron chi connectivity index (χ3n) is 3.65. The first-order chi connectivity index (χ1) is 10.9. The van der Waals surface area contributed by atoms with Gasteiger partial charge in [0.2, 0.25) is 0 Å². The van der Waals surface area contributed by atoms with Gasteiger partial charge in [-0.25, -0.2) is 0 Å². The minimum Gasteiger partial charge on any atom is -0.506 e. The van der Waals surface area contributed by atoms with Crippen LogP contribution in [0.2, 0.25) is 0 Å². The van der Waals surface area contributed by atoms with Crippen LogP contribution in [0.3, 0.4) is 0 Å². The molecule has 0 aliphatic carbocycles. The Hall–Kier alpha value is -1.09. The molecule has 1 aromatic heterocycles. The number of rotatable bonds is 3. The first-order valence-electron chi connectivity index (χ1n) is 7.14. The van der Waals surface area contributed by atoms with E-state index >= 15 is 0 Å². The Labute approximate surface area is 161 Å². The molecule has 0 bridgehead atoms. The molecule has 3 rings (SSSR count). The van der Waals surface area contributed by atoms with Gasteiger partial charge >= 0.3 is 0 Å². The van der Waals surface area contributed by atoms with Crippen LogP contribution in [0, 0.1) is 7.14 Å². The number of hydrogen-bond donors (Lipinski definition) is 1. The number of aromatic hydroxyl groups is 1. The van der Waals surface area contributed by atoms with Crippen LogP contribution < -0.4 is 0 Å². The zero-order valence-corrected chi connectivity index (χ0v) is 16.9. The summed E-state index contributed by atoms with van der Waals surface area (Å²) < 4.78 is 7.24. The Balaban J connectivity index is 2.23. The molecular weight excluding hydrogens is 518 g/mol. The predicted molar refractivity (Wildman–Crippen MR) is 107 cm³/mol. The Morgan fingerprint density at radius 2 is 1.74 bits per heavy atom. The number of carbonyl (C=O) groups is 1. The van der Waals surface area contributed by atoms with Crippen molar-refractivity contribution in [2.24, 2.45) is 0 Å². The largest absolute Gasteiger partial charge is 0.506 e. The van der Waals surface area contributed by atoms with E-state index in [2.05, 4.69) is 0 Å². The first kappa shape index (κ1) is 16.8. The van der Waals surface area contributed by atoms with Gasteiger partial charge in [-0.1, -0.05) is 32.0 Å². The van der Waals surface area contributed by atoms with Gasteiger partial charge in [-0.2, -0.15) is 0 Å². The summed E-state index contributed by atoms with van der Waals surface area (Å²) in [5, 5.41) is 10.7. The quantitative estimate of drug-likeness (QED) is 0.348. The Morgan fingerprint density at radius 3 is 2.35 bits per heavy atom. The van der Waals surface area contributed by atoms with Crippen molar-refractivity contribution in [2.45, 2.75) is 19.8 Å². The SMILES string of the molecule is CC(C)c1oc2ccccc2c1C(=O)c1cc(I)c(O)c(I)c1. The summed E-state index contributed by atoms with van der Waals surface area (Å²) in [7, 11) is 0. The molecule has 0 atom stereocenters. The highest BCUT2D eigenvalue weighted by molar-refractivity contribution is 14.1. The number of hydrogen-bond acceptors (Lipinski definition) is 3. The van der Waals surface area contributed by atoms with Gasteiger partial charge < -0.3 is 9.52 Å². The van der Waals surface area contributed by atoms with Gasteiger partial charge in [-0.15, -0.1) is 0 Å². The number of phenolic OH excluding ortho intramolecular Hbond substituents is 1. The lowest BCUT2D eigenvalue weighted by Crippen LogP contribution is -2.05. The van der Waals surface area contributed by atoms with Crippen LogP contribution in [0.1, 0.15) is 41.4 Å². The lowest BCUT2D eigenvalue weighted by atomic mass is 9.96. The van der Waals surface area contributed by atoms with E-state index in [1.807, 2.05) is 83.3 Å². The average Bonchev–Trinajstić information content (AvgIpc) is 2.91. The van der Waals surface area contributed by atoms with E-state index in [0.717, 1.165) is 11.0 Å². The van der Waals surface area contributed by atoms with Crippen LogP contribution in [0.15, 0.2) is 40.8 Å². The third-order valence-corrected chi connectivity index (χ3v) is 5.30. The molecular formula is C18H14I2O3. The van der Waals surface area contributed by atoms with Crippen molar-refractivity contribution in [2.75, 3.05) is 0 Å². The minimum absolute atomic E-state index is 0.0746. The lowest BCUT2D eigenvalue weighted by Gasteiger charge is -2.08. The molecule has 1 heterocycles. The molecule has 118 valence electrons. The molecule has 5 heteroatoms. The molecule has 1 N–H and O–H groups in total. The van der Waals surface area contributed by atoms with Gasteiger partial charge in [0.25, 0.3) is 0 Å². The maximum atomic E-state index is 13.1. The fourth-order valence-electron chi connectivity index (χ4n) is 2.55. The molecule has 0 amide bonds. The Morgan fingerprint density at radius 1 is 1.13 bits per heavy atom. The summed E-state index contributed by atoms with van der Waals surface area (Å²) in [4.78, 5) is 13.1. The maximum Gasteiger partial charge on any atom is 0.197 e. The van der Waals surface area contributed by atoms with Crippen LogP contribution in [0.5, 0.6) is 5.75 Å². The van der Waals surface area contributed by atoms with Gasteiger partial charge in [0.15, 0.2) is 5.78 Å². The number of benzene rings is 2. The van der Waals surface area contributed by atoms with Crippen molar-refractivity contribution >= 4 is 61.9 Å². The molecule has 3 aromatic rings. The summed E-state index contributed by atoms with van der Waals surface area (Å²) in [6, 6.07) is 11.0. The van der Waals surface area contributed by atoms with Crippen LogP contribution in [0.25, 0.3) is 11.0 Å². The normalized spacial score (nSPS) is 11.3. The number of ketones is 1. The van der Waals surface area contributed by atoms with E-state index in [9.17, 15) is 9.90 Å². The number of fused-ring (bicyclic) bond motifs is 1. The average molecular weight is 532 g/mol. The van der Waals surface area contributed by atoms with Crippen LogP contribution in [0.4, 0.5) is 0 Å². The number of phenols is 1. The van der Waals surface area contributed by atoms with E-state index in [4.69, 9.17) is 4.42 Å².